The first-order valence-electron chi connectivity index (χ1n) is 6.60. The van der Waals surface area contributed by atoms with E-state index in [-0.39, 0.29) is 6.04 Å². The van der Waals surface area contributed by atoms with Gasteiger partial charge in [0.1, 0.15) is 12.6 Å². The number of hydrogen-bond acceptors (Lipinski definition) is 5. The molecular weight excluding hydrogens is 242 g/mol. The van der Waals surface area contributed by atoms with E-state index in [0.717, 1.165) is 13.0 Å². The Bertz CT molecular complexity index is 553. The molecule has 1 aromatic heterocycles. The third-order valence-electron chi connectivity index (χ3n) is 3.27. The van der Waals surface area contributed by atoms with Crippen LogP contribution in [0.2, 0.25) is 0 Å². The van der Waals surface area contributed by atoms with Gasteiger partial charge in [-0.2, -0.15) is 4.98 Å². The standard InChI is InChI=1S/C14H17N3O2/c1-2-18-9-12-16-14(19-17-12)13-11-6-4-3-5-10(11)7-8-15-13/h3-6,13,15H,2,7-9H2,1H3. The lowest BCUT2D eigenvalue weighted by atomic mass is 9.94. The molecule has 0 aliphatic carbocycles. The lowest BCUT2D eigenvalue weighted by molar-refractivity contribution is 0.126. The Kier molecular flexibility index (Phi) is 3.57. The van der Waals surface area contributed by atoms with E-state index >= 15 is 0 Å². The fourth-order valence-electron chi connectivity index (χ4n) is 2.36. The first kappa shape index (κ1) is 12.3. The molecule has 0 fully saturated rings. The molecule has 1 aromatic carbocycles. The quantitative estimate of drug-likeness (QED) is 0.907. The number of aromatic nitrogens is 2. The van der Waals surface area contributed by atoms with Gasteiger partial charge in [-0.1, -0.05) is 29.4 Å². The van der Waals surface area contributed by atoms with E-state index in [1.165, 1.54) is 11.1 Å². The molecule has 1 aliphatic rings. The van der Waals surface area contributed by atoms with Crippen molar-refractivity contribution in [2.75, 3.05) is 13.2 Å². The van der Waals surface area contributed by atoms with Gasteiger partial charge in [-0.3, -0.25) is 0 Å². The van der Waals surface area contributed by atoms with Gasteiger partial charge in [-0.25, -0.2) is 0 Å². The molecule has 0 spiro atoms. The minimum atomic E-state index is -0.00664. The van der Waals surface area contributed by atoms with Gasteiger partial charge in [0.05, 0.1) is 0 Å². The van der Waals surface area contributed by atoms with Crippen LogP contribution in [0.15, 0.2) is 28.8 Å². The van der Waals surface area contributed by atoms with Crippen LogP contribution in [0.1, 0.15) is 35.8 Å². The van der Waals surface area contributed by atoms with Crippen LogP contribution in [0.5, 0.6) is 0 Å². The van der Waals surface area contributed by atoms with Crippen LogP contribution in [0, 0.1) is 0 Å². The van der Waals surface area contributed by atoms with Crippen LogP contribution in [0.25, 0.3) is 0 Å². The SMILES string of the molecule is CCOCc1noc(C2NCCc3ccccc32)n1. The Morgan fingerprint density at radius 3 is 3.21 bits per heavy atom. The second kappa shape index (κ2) is 5.50. The van der Waals surface area contributed by atoms with Crippen molar-refractivity contribution >= 4 is 0 Å². The van der Waals surface area contributed by atoms with E-state index in [2.05, 4.69) is 33.7 Å². The molecule has 1 atom stereocenters. The summed E-state index contributed by atoms with van der Waals surface area (Å²) in [5, 5.41) is 7.37. The monoisotopic (exact) mass is 259 g/mol. The summed E-state index contributed by atoms with van der Waals surface area (Å²) in [7, 11) is 0. The summed E-state index contributed by atoms with van der Waals surface area (Å²) in [5.41, 5.74) is 2.57. The summed E-state index contributed by atoms with van der Waals surface area (Å²) in [4.78, 5) is 4.41. The Hall–Kier alpha value is -1.72. The fourth-order valence-corrected chi connectivity index (χ4v) is 2.36. The van der Waals surface area contributed by atoms with Gasteiger partial charge in [-0.05, 0) is 24.5 Å². The predicted octanol–water partition coefficient (Wildman–Crippen LogP) is 1.84. The van der Waals surface area contributed by atoms with Crippen LogP contribution in [0.4, 0.5) is 0 Å². The Morgan fingerprint density at radius 2 is 2.32 bits per heavy atom. The number of ether oxygens (including phenoxy) is 1. The molecule has 100 valence electrons. The number of rotatable bonds is 4. The molecule has 0 radical (unpaired) electrons. The summed E-state index contributed by atoms with van der Waals surface area (Å²) in [6, 6.07) is 8.36. The molecule has 0 bridgehead atoms. The van der Waals surface area contributed by atoms with Gasteiger partial charge in [0.15, 0.2) is 5.82 Å². The molecule has 0 amide bonds. The van der Waals surface area contributed by atoms with Crippen molar-refractivity contribution in [1.82, 2.24) is 15.5 Å². The molecule has 5 heteroatoms. The van der Waals surface area contributed by atoms with Crippen molar-refractivity contribution in [1.29, 1.82) is 0 Å². The molecule has 5 nitrogen and oxygen atoms in total. The van der Waals surface area contributed by atoms with E-state index < -0.39 is 0 Å². The van der Waals surface area contributed by atoms with Crippen LogP contribution in [-0.2, 0) is 17.8 Å². The Morgan fingerprint density at radius 1 is 1.42 bits per heavy atom. The number of nitrogens with one attached hydrogen (secondary N) is 1. The highest BCUT2D eigenvalue weighted by atomic mass is 16.5. The molecule has 0 saturated carbocycles. The van der Waals surface area contributed by atoms with E-state index in [4.69, 9.17) is 9.26 Å². The van der Waals surface area contributed by atoms with Crippen molar-refractivity contribution in [2.24, 2.45) is 0 Å². The third kappa shape index (κ3) is 2.52. The van der Waals surface area contributed by atoms with Crippen LogP contribution in [0.3, 0.4) is 0 Å². The molecule has 1 aliphatic heterocycles. The zero-order valence-corrected chi connectivity index (χ0v) is 10.9. The van der Waals surface area contributed by atoms with Crippen LogP contribution < -0.4 is 5.32 Å². The third-order valence-corrected chi connectivity index (χ3v) is 3.27. The highest BCUT2D eigenvalue weighted by Gasteiger charge is 2.25. The number of fused-ring (bicyclic) bond motifs is 1. The number of benzene rings is 1. The molecule has 3 rings (SSSR count). The van der Waals surface area contributed by atoms with Gasteiger partial charge >= 0.3 is 0 Å². The number of hydrogen-bond donors (Lipinski definition) is 1. The van der Waals surface area contributed by atoms with Crippen LogP contribution in [-0.4, -0.2) is 23.3 Å². The van der Waals surface area contributed by atoms with E-state index in [1.807, 2.05) is 13.0 Å². The summed E-state index contributed by atoms with van der Waals surface area (Å²) < 4.78 is 10.6. The van der Waals surface area contributed by atoms with E-state index in [9.17, 15) is 0 Å². The average Bonchev–Trinajstić information content (AvgIpc) is 2.93. The highest BCUT2D eigenvalue weighted by molar-refractivity contribution is 5.35. The normalized spacial score (nSPS) is 18.3. The van der Waals surface area contributed by atoms with Crippen molar-refractivity contribution < 1.29 is 9.26 Å². The van der Waals surface area contributed by atoms with Crippen molar-refractivity contribution in [3.63, 3.8) is 0 Å². The van der Waals surface area contributed by atoms with Gasteiger partial charge in [0.25, 0.3) is 0 Å². The molecule has 1 N–H and O–H groups in total. The van der Waals surface area contributed by atoms with Crippen molar-refractivity contribution in [3.05, 3.63) is 47.1 Å². The molecule has 0 saturated heterocycles. The fraction of sp³-hybridized carbons (Fsp3) is 0.429. The maximum Gasteiger partial charge on any atom is 0.248 e. The lowest BCUT2D eigenvalue weighted by Crippen LogP contribution is -2.30. The Balaban J connectivity index is 1.85. The summed E-state index contributed by atoms with van der Waals surface area (Å²) in [6.45, 7) is 3.91. The zero-order valence-electron chi connectivity index (χ0n) is 10.9. The largest absolute Gasteiger partial charge is 0.374 e. The first-order valence-corrected chi connectivity index (χ1v) is 6.60. The molecule has 2 aromatic rings. The highest BCUT2D eigenvalue weighted by Crippen LogP contribution is 2.27. The van der Waals surface area contributed by atoms with Crippen molar-refractivity contribution in [3.8, 4) is 0 Å². The van der Waals surface area contributed by atoms with Gasteiger partial charge in [0.2, 0.25) is 5.89 Å². The van der Waals surface area contributed by atoms with Gasteiger partial charge < -0.3 is 14.6 Å². The van der Waals surface area contributed by atoms with E-state index in [0.29, 0.717) is 24.9 Å². The topological polar surface area (TPSA) is 60.2 Å². The summed E-state index contributed by atoms with van der Waals surface area (Å²) >= 11 is 0. The molecule has 2 heterocycles. The first-order chi connectivity index (χ1) is 9.38. The maximum atomic E-state index is 5.35. The number of nitrogens with zero attached hydrogens (tertiary/aromatic N) is 2. The van der Waals surface area contributed by atoms with Gasteiger partial charge in [-0.15, -0.1) is 0 Å². The molecule has 19 heavy (non-hydrogen) atoms. The van der Waals surface area contributed by atoms with Crippen molar-refractivity contribution in [2.45, 2.75) is 26.0 Å². The maximum absolute atomic E-state index is 5.35. The molecular formula is C14H17N3O2. The predicted molar refractivity (Wildman–Crippen MR) is 69.6 cm³/mol. The minimum absolute atomic E-state index is 0.00664. The van der Waals surface area contributed by atoms with E-state index in [1.54, 1.807) is 0 Å². The van der Waals surface area contributed by atoms with Gasteiger partial charge in [0, 0.05) is 13.2 Å². The zero-order chi connectivity index (χ0) is 13.1. The summed E-state index contributed by atoms with van der Waals surface area (Å²) in [5.74, 6) is 1.21. The van der Waals surface area contributed by atoms with Crippen LogP contribution >= 0.6 is 0 Å². The Labute approximate surface area is 112 Å². The molecule has 1 unspecified atom stereocenters. The second-order valence-electron chi connectivity index (χ2n) is 4.52. The smallest absolute Gasteiger partial charge is 0.248 e. The summed E-state index contributed by atoms with van der Waals surface area (Å²) in [6.07, 6.45) is 1.03. The average molecular weight is 259 g/mol. The minimum Gasteiger partial charge on any atom is -0.374 e. The second-order valence-corrected chi connectivity index (χ2v) is 4.52. The lowest BCUT2D eigenvalue weighted by Gasteiger charge is -2.23.